The van der Waals surface area contributed by atoms with Gasteiger partial charge in [-0.3, -0.25) is 4.79 Å². The molecule has 0 spiro atoms. The van der Waals surface area contributed by atoms with Crippen molar-refractivity contribution in [2.24, 2.45) is 0 Å². The largest absolute Gasteiger partial charge is 0.299 e. The van der Waals surface area contributed by atoms with Crippen molar-refractivity contribution in [3.05, 3.63) is 0 Å². The predicted molar refractivity (Wildman–Crippen MR) is 57.6 cm³/mol. The van der Waals surface area contributed by atoms with Crippen LogP contribution < -0.4 is 4.72 Å². The molecule has 1 heterocycles. The van der Waals surface area contributed by atoms with E-state index in [0.717, 1.165) is 25.7 Å². The van der Waals surface area contributed by atoms with E-state index in [9.17, 15) is 13.2 Å². The first-order chi connectivity index (χ1) is 7.02. The van der Waals surface area contributed by atoms with Gasteiger partial charge in [0.05, 0.1) is 6.54 Å². The van der Waals surface area contributed by atoms with Gasteiger partial charge in [-0.2, -0.15) is 17.4 Å². The van der Waals surface area contributed by atoms with Crippen LogP contribution in [0.3, 0.4) is 0 Å². The lowest BCUT2D eigenvalue weighted by Crippen LogP contribution is -2.42. The van der Waals surface area contributed by atoms with Crippen LogP contribution in [-0.4, -0.2) is 38.1 Å². The summed E-state index contributed by atoms with van der Waals surface area (Å²) in [6, 6.07) is 0. The van der Waals surface area contributed by atoms with Crippen molar-refractivity contribution in [3.63, 3.8) is 0 Å². The Bertz CT molecular complexity index is 305. The SMILES string of the molecule is CC(=O)CNS(=O)(=O)N1CCCCCC1. The van der Waals surface area contributed by atoms with Crippen molar-refractivity contribution < 1.29 is 13.2 Å². The Labute approximate surface area is 91.0 Å². The van der Waals surface area contributed by atoms with Gasteiger partial charge in [0.15, 0.2) is 0 Å². The van der Waals surface area contributed by atoms with E-state index in [2.05, 4.69) is 4.72 Å². The second-order valence-electron chi connectivity index (χ2n) is 3.84. The molecule has 6 heteroatoms. The van der Waals surface area contributed by atoms with Crippen molar-refractivity contribution in [1.29, 1.82) is 0 Å². The van der Waals surface area contributed by atoms with Crippen LogP contribution in [0.5, 0.6) is 0 Å². The van der Waals surface area contributed by atoms with E-state index in [0.29, 0.717) is 13.1 Å². The Kier molecular flexibility index (Phi) is 4.69. The summed E-state index contributed by atoms with van der Waals surface area (Å²) in [6.07, 6.45) is 3.97. The van der Waals surface area contributed by atoms with Gasteiger partial charge in [0.25, 0.3) is 10.2 Å². The van der Waals surface area contributed by atoms with Gasteiger partial charge in [0, 0.05) is 13.1 Å². The van der Waals surface area contributed by atoms with Gasteiger partial charge in [-0.05, 0) is 19.8 Å². The summed E-state index contributed by atoms with van der Waals surface area (Å²) in [5.74, 6) is -0.173. The summed E-state index contributed by atoms with van der Waals surface area (Å²) in [5, 5.41) is 0. The van der Waals surface area contributed by atoms with Gasteiger partial charge in [0.1, 0.15) is 5.78 Å². The number of rotatable bonds is 4. The molecule has 0 radical (unpaired) electrons. The molecule has 1 N–H and O–H groups in total. The first-order valence-electron chi connectivity index (χ1n) is 5.26. The molecule has 15 heavy (non-hydrogen) atoms. The lowest BCUT2D eigenvalue weighted by Gasteiger charge is -2.19. The minimum Gasteiger partial charge on any atom is -0.299 e. The van der Waals surface area contributed by atoms with Gasteiger partial charge in [0.2, 0.25) is 0 Å². The lowest BCUT2D eigenvalue weighted by molar-refractivity contribution is -0.115. The first kappa shape index (κ1) is 12.6. The quantitative estimate of drug-likeness (QED) is 0.760. The molecule has 88 valence electrons. The first-order valence-corrected chi connectivity index (χ1v) is 6.70. The minimum atomic E-state index is -3.44. The highest BCUT2D eigenvalue weighted by Crippen LogP contribution is 2.11. The van der Waals surface area contributed by atoms with Crippen molar-refractivity contribution in [3.8, 4) is 0 Å². The topological polar surface area (TPSA) is 66.5 Å². The highest BCUT2D eigenvalue weighted by Gasteiger charge is 2.22. The van der Waals surface area contributed by atoms with Gasteiger partial charge in [-0.25, -0.2) is 0 Å². The molecule has 0 aliphatic carbocycles. The van der Waals surface area contributed by atoms with E-state index in [1.165, 1.54) is 11.2 Å². The van der Waals surface area contributed by atoms with Crippen LogP contribution in [0.4, 0.5) is 0 Å². The number of nitrogens with one attached hydrogen (secondary N) is 1. The smallest absolute Gasteiger partial charge is 0.279 e. The van der Waals surface area contributed by atoms with Gasteiger partial charge in [-0.1, -0.05) is 12.8 Å². The average molecular weight is 234 g/mol. The number of nitrogens with zero attached hydrogens (tertiary/aromatic N) is 1. The molecular formula is C9H18N2O3S. The van der Waals surface area contributed by atoms with Gasteiger partial charge in [-0.15, -0.1) is 0 Å². The van der Waals surface area contributed by atoms with E-state index in [4.69, 9.17) is 0 Å². The normalized spacial score (nSPS) is 19.8. The predicted octanol–water partition coefficient (Wildman–Crippen LogP) is 0.286. The summed E-state index contributed by atoms with van der Waals surface area (Å²) in [6.45, 7) is 2.38. The second kappa shape index (κ2) is 5.58. The van der Waals surface area contributed by atoms with Gasteiger partial charge < -0.3 is 0 Å². The average Bonchev–Trinajstić information content (AvgIpc) is 2.43. The Morgan fingerprint density at radius 3 is 2.20 bits per heavy atom. The van der Waals surface area contributed by atoms with E-state index < -0.39 is 10.2 Å². The number of carbonyl (C=O) groups is 1. The Morgan fingerprint density at radius 1 is 1.20 bits per heavy atom. The van der Waals surface area contributed by atoms with Crippen molar-refractivity contribution >= 4 is 16.0 Å². The third-order valence-electron chi connectivity index (χ3n) is 2.41. The number of Topliss-reactive ketones (excluding diaryl/α,β-unsaturated/α-hetero) is 1. The Balaban J connectivity index is 2.54. The molecule has 1 rings (SSSR count). The molecule has 1 fully saturated rings. The zero-order valence-corrected chi connectivity index (χ0v) is 9.85. The van der Waals surface area contributed by atoms with Crippen LogP contribution in [0.1, 0.15) is 32.6 Å². The van der Waals surface area contributed by atoms with Crippen molar-refractivity contribution in [2.75, 3.05) is 19.6 Å². The highest BCUT2D eigenvalue weighted by molar-refractivity contribution is 7.87. The molecule has 0 saturated carbocycles. The molecule has 0 amide bonds. The molecule has 0 unspecified atom stereocenters. The standard InChI is InChI=1S/C9H18N2O3S/c1-9(12)8-10-15(13,14)11-6-4-2-3-5-7-11/h10H,2-8H2,1H3. The van der Waals surface area contributed by atoms with E-state index in [-0.39, 0.29) is 12.3 Å². The molecule has 0 bridgehead atoms. The molecule has 5 nitrogen and oxygen atoms in total. The molecular weight excluding hydrogens is 216 g/mol. The Morgan fingerprint density at radius 2 is 1.73 bits per heavy atom. The third kappa shape index (κ3) is 4.27. The number of ketones is 1. The molecule has 0 atom stereocenters. The summed E-state index contributed by atoms with van der Waals surface area (Å²) in [7, 11) is -3.44. The fourth-order valence-electron chi connectivity index (χ4n) is 1.57. The molecule has 1 saturated heterocycles. The number of carbonyl (C=O) groups excluding carboxylic acids is 1. The number of hydrogen-bond acceptors (Lipinski definition) is 3. The summed E-state index contributed by atoms with van der Waals surface area (Å²) in [4.78, 5) is 10.7. The van der Waals surface area contributed by atoms with Crippen LogP contribution in [0.25, 0.3) is 0 Å². The van der Waals surface area contributed by atoms with Crippen molar-refractivity contribution in [1.82, 2.24) is 9.03 Å². The van der Waals surface area contributed by atoms with Crippen molar-refractivity contribution in [2.45, 2.75) is 32.6 Å². The molecule has 1 aliphatic heterocycles. The molecule has 1 aliphatic rings. The number of hydrogen-bond donors (Lipinski definition) is 1. The van der Waals surface area contributed by atoms with Crippen LogP contribution in [-0.2, 0) is 15.0 Å². The van der Waals surface area contributed by atoms with Gasteiger partial charge >= 0.3 is 0 Å². The molecule has 0 aromatic rings. The molecule has 0 aromatic heterocycles. The molecule has 0 aromatic carbocycles. The minimum absolute atomic E-state index is 0.112. The van der Waals surface area contributed by atoms with E-state index >= 15 is 0 Å². The fourth-order valence-corrected chi connectivity index (χ4v) is 2.87. The third-order valence-corrected chi connectivity index (χ3v) is 3.96. The maximum atomic E-state index is 11.7. The fraction of sp³-hybridized carbons (Fsp3) is 0.889. The van der Waals surface area contributed by atoms with E-state index in [1.54, 1.807) is 0 Å². The summed E-state index contributed by atoms with van der Waals surface area (Å²) < 4.78 is 27.1. The monoisotopic (exact) mass is 234 g/mol. The maximum Gasteiger partial charge on any atom is 0.279 e. The second-order valence-corrected chi connectivity index (χ2v) is 5.60. The van der Waals surface area contributed by atoms with Crippen LogP contribution in [0.2, 0.25) is 0 Å². The summed E-state index contributed by atoms with van der Waals surface area (Å²) in [5.41, 5.74) is 0. The van der Waals surface area contributed by atoms with Crippen LogP contribution in [0, 0.1) is 0 Å². The van der Waals surface area contributed by atoms with E-state index in [1.807, 2.05) is 0 Å². The zero-order valence-electron chi connectivity index (χ0n) is 9.03. The summed E-state index contributed by atoms with van der Waals surface area (Å²) >= 11 is 0. The lowest BCUT2D eigenvalue weighted by atomic mass is 10.2. The van der Waals surface area contributed by atoms with Crippen LogP contribution in [0.15, 0.2) is 0 Å². The van der Waals surface area contributed by atoms with Crippen LogP contribution >= 0.6 is 0 Å². The highest BCUT2D eigenvalue weighted by atomic mass is 32.2. The zero-order chi connectivity index (χ0) is 11.3. The maximum absolute atomic E-state index is 11.7. The Hall–Kier alpha value is -0.460.